The van der Waals surface area contributed by atoms with Gasteiger partial charge in [0.15, 0.2) is 11.6 Å². The van der Waals surface area contributed by atoms with Crippen LogP contribution in [-0.2, 0) is 20.9 Å². The Bertz CT molecular complexity index is 1780. The van der Waals surface area contributed by atoms with Crippen LogP contribution in [0.15, 0.2) is 66.7 Å². The van der Waals surface area contributed by atoms with Crippen molar-refractivity contribution < 1.29 is 28.2 Å². The third kappa shape index (κ3) is 6.71. The molecular weight excluding hydrogens is 619 g/mol. The van der Waals surface area contributed by atoms with Crippen molar-refractivity contribution in [3.63, 3.8) is 0 Å². The number of amides is 2. The molecule has 8 heteroatoms. The Hall–Kier alpha value is -4.20. The van der Waals surface area contributed by atoms with Crippen LogP contribution in [-0.4, -0.2) is 36.5 Å². The first-order valence-corrected chi connectivity index (χ1v) is 17.9. The Morgan fingerprint density at radius 2 is 1.67 bits per heavy atom. The van der Waals surface area contributed by atoms with Gasteiger partial charge < -0.3 is 20.1 Å². The fourth-order valence-electron chi connectivity index (χ4n) is 8.43. The summed E-state index contributed by atoms with van der Waals surface area (Å²) < 4.78 is 27.2. The molecule has 3 saturated carbocycles. The first-order valence-electron chi connectivity index (χ1n) is 17.9. The minimum Gasteiger partial charge on any atom is -0.487 e. The lowest BCUT2D eigenvalue weighted by Gasteiger charge is -2.39. The molecule has 0 radical (unpaired) electrons. The molecule has 3 aromatic carbocycles. The van der Waals surface area contributed by atoms with Crippen molar-refractivity contribution in [1.82, 2.24) is 10.6 Å². The summed E-state index contributed by atoms with van der Waals surface area (Å²) in [5.74, 6) is -1.20. The summed E-state index contributed by atoms with van der Waals surface area (Å²) in [6.45, 7) is 6.71. The topological polar surface area (TPSA) is 93.7 Å². The molecule has 2 N–H and O–H groups in total. The maximum atomic E-state index is 15.2. The van der Waals surface area contributed by atoms with Gasteiger partial charge in [-0.05, 0) is 110 Å². The van der Waals surface area contributed by atoms with E-state index in [2.05, 4.69) is 29.7 Å². The number of nitrogens with one attached hydrogen (secondary N) is 2. The second-order valence-electron chi connectivity index (χ2n) is 15.5. The first kappa shape index (κ1) is 33.3. The molecular formula is C41H47FN2O5. The lowest BCUT2D eigenvalue weighted by Crippen LogP contribution is -2.51. The van der Waals surface area contributed by atoms with Gasteiger partial charge in [0.1, 0.15) is 6.61 Å². The molecule has 3 aromatic rings. The maximum Gasteiger partial charge on any atom is 0.312 e. The Morgan fingerprint density at radius 3 is 2.43 bits per heavy atom. The molecule has 4 atom stereocenters. The predicted molar refractivity (Wildman–Crippen MR) is 186 cm³/mol. The molecule has 0 saturated heterocycles. The Morgan fingerprint density at radius 1 is 0.939 bits per heavy atom. The van der Waals surface area contributed by atoms with Crippen molar-refractivity contribution in [2.75, 3.05) is 6.54 Å². The summed E-state index contributed by atoms with van der Waals surface area (Å²) >= 11 is 0. The van der Waals surface area contributed by atoms with Crippen LogP contribution in [0.4, 0.5) is 4.39 Å². The van der Waals surface area contributed by atoms with Crippen LogP contribution in [0.1, 0.15) is 86.7 Å². The lowest BCUT2D eigenvalue weighted by atomic mass is 9.70. The van der Waals surface area contributed by atoms with E-state index in [0.29, 0.717) is 43.4 Å². The normalized spacial score (nSPS) is 28.1. The lowest BCUT2D eigenvalue weighted by molar-refractivity contribution is -0.159. The largest absolute Gasteiger partial charge is 0.487 e. The zero-order valence-electron chi connectivity index (χ0n) is 28.7. The molecule has 2 amide bonds. The Kier molecular flexibility index (Phi) is 9.01. The highest BCUT2D eigenvalue weighted by Gasteiger charge is 2.49. The summed E-state index contributed by atoms with van der Waals surface area (Å²) in [6.07, 6.45) is 10.4. The zero-order valence-corrected chi connectivity index (χ0v) is 28.7. The summed E-state index contributed by atoms with van der Waals surface area (Å²) in [6, 6.07) is 16.5. The number of ether oxygens (including phenoxy) is 2. The third-order valence-corrected chi connectivity index (χ3v) is 11.9. The second kappa shape index (κ2) is 13.3. The number of allylic oxidation sites excluding steroid dienone is 1. The van der Waals surface area contributed by atoms with Crippen LogP contribution < -0.4 is 15.4 Å². The van der Waals surface area contributed by atoms with E-state index in [9.17, 15) is 14.4 Å². The smallest absolute Gasteiger partial charge is 0.312 e. The minimum absolute atomic E-state index is 0.00290. The molecule has 4 aliphatic rings. The number of benzene rings is 3. The molecule has 7 nitrogen and oxygen atoms in total. The van der Waals surface area contributed by atoms with Gasteiger partial charge in [-0.1, -0.05) is 68.0 Å². The molecule has 0 aromatic heterocycles. The van der Waals surface area contributed by atoms with E-state index in [-0.39, 0.29) is 65.5 Å². The quantitative estimate of drug-likeness (QED) is 0.172. The predicted octanol–water partition coefficient (Wildman–Crippen LogP) is 7.59. The molecule has 0 aliphatic heterocycles. The summed E-state index contributed by atoms with van der Waals surface area (Å²) in [7, 11) is 0. The van der Waals surface area contributed by atoms with Crippen LogP contribution >= 0.6 is 0 Å². The van der Waals surface area contributed by atoms with E-state index >= 15 is 4.39 Å². The molecule has 0 spiro atoms. The van der Waals surface area contributed by atoms with Crippen molar-refractivity contribution in [2.45, 2.75) is 90.9 Å². The van der Waals surface area contributed by atoms with E-state index < -0.39 is 11.2 Å². The van der Waals surface area contributed by atoms with Crippen LogP contribution in [0, 0.1) is 41.3 Å². The van der Waals surface area contributed by atoms with Crippen LogP contribution in [0.2, 0.25) is 0 Å². The van der Waals surface area contributed by atoms with Gasteiger partial charge in [0, 0.05) is 18.2 Å². The van der Waals surface area contributed by atoms with Crippen LogP contribution in [0.3, 0.4) is 0 Å². The van der Waals surface area contributed by atoms with Gasteiger partial charge in [0.2, 0.25) is 5.91 Å². The highest BCUT2D eigenvalue weighted by Crippen LogP contribution is 2.45. The number of carbonyl (C=O) groups is 3. The van der Waals surface area contributed by atoms with Crippen LogP contribution in [0.5, 0.6) is 5.75 Å². The van der Waals surface area contributed by atoms with E-state index in [1.807, 2.05) is 49.4 Å². The number of aryl methyl sites for hydroxylation is 1. The summed E-state index contributed by atoms with van der Waals surface area (Å²) in [4.78, 5) is 40.3. The molecule has 0 heterocycles. The number of hydrogen-bond donors (Lipinski definition) is 2. The molecule has 49 heavy (non-hydrogen) atoms. The average Bonchev–Trinajstić information content (AvgIpc) is 3.69. The van der Waals surface area contributed by atoms with E-state index in [1.54, 1.807) is 6.92 Å². The molecule has 0 unspecified atom stereocenters. The number of hydrogen-bond acceptors (Lipinski definition) is 5. The van der Waals surface area contributed by atoms with Gasteiger partial charge >= 0.3 is 5.97 Å². The standard InChI is InChI=1S/C41H47FN2O5/c1-25-20-33(42)34(22-32(25)37(45)44-36-28-13-12-27(21-28)35(36)38(46)43-24-40(2)16-7-17-40)49-30-14-18-41(3,19-15-30)39(47)48-23-29-10-6-9-26-8-4-5-11-31(26)29/h4-6,8-13,20,22,27-28,30,35-36H,7,14-19,21,23-24H2,1-3H3,(H,43,46)(H,44,45)/t27-,28+,30-,35+,36-,41+/m1/s1. The van der Waals surface area contributed by atoms with Crippen LogP contribution in [0.25, 0.3) is 10.8 Å². The van der Waals surface area contributed by atoms with Gasteiger partial charge in [-0.3, -0.25) is 14.4 Å². The average molecular weight is 667 g/mol. The van der Waals surface area contributed by atoms with Gasteiger partial charge in [-0.2, -0.15) is 0 Å². The fraction of sp³-hybridized carbons (Fsp3) is 0.488. The monoisotopic (exact) mass is 666 g/mol. The van der Waals surface area contributed by atoms with Gasteiger partial charge in [0.05, 0.1) is 17.4 Å². The maximum absolute atomic E-state index is 15.2. The molecule has 3 fully saturated rings. The Balaban J connectivity index is 0.961. The van der Waals surface area contributed by atoms with E-state index in [0.717, 1.165) is 35.6 Å². The van der Waals surface area contributed by atoms with E-state index in [1.165, 1.54) is 18.6 Å². The number of carbonyl (C=O) groups excluding carboxylic acids is 3. The van der Waals surface area contributed by atoms with Crippen molar-refractivity contribution >= 4 is 28.6 Å². The van der Waals surface area contributed by atoms with Gasteiger partial charge in [-0.25, -0.2) is 4.39 Å². The van der Waals surface area contributed by atoms with Gasteiger partial charge in [0.25, 0.3) is 5.91 Å². The van der Waals surface area contributed by atoms with Gasteiger partial charge in [-0.15, -0.1) is 0 Å². The van der Waals surface area contributed by atoms with Crippen molar-refractivity contribution in [3.05, 3.63) is 89.3 Å². The number of halogens is 1. The third-order valence-electron chi connectivity index (χ3n) is 11.9. The Labute approximate surface area is 288 Å². The summed E-state index contributed by atoms with van der Waals surface area (Å²) in [5, 5.41) is 8.50. The number of rotatable bonds is 10. The highest BCUT2D eigenvalue weighted by molar-refractivity contribution is 5.97. The fourth-order valence-corrected chi connectivity index (χ4v) is 8.43. The van der Waals surface area contributed by atoms with Crippen molar-refractivity contribution in [3.8, 4) is 5.75 Å². The summed E-state index contributed by atoms with van der Waals surface area (Å²) in [5.41, 5.74) is 1.32. The van der Waals surface area contributed by atoms with Crippen molar-refractivity contribution in [1.29, 1.82) is 0 Å². The number of fused-ring (bicyclic) bond motifs is 3. The molecule has 7 rings (SSSR count). The SMILES string of the molecule is Cc1cc(F)c(O[C@H]2CC[C@@](C)(C(=O)OCc3cccc4ccccc34)CC2)cc1C(=O)N[C@H]1[C@@H](C(=O)NCC2(C)CCC2)[C@@H]2C=C[C@H]1C2. The van der Waals surface area contributed by atoms with Crippen molar-refractivity contribution in [2.24, 2.45) is 28.6 Å². The van der Waals surface area contributed by atoms with E-state index in [4.69, 9.17) is 9.47 Å². The molecule has 2 bridgehead atoms. The first-order chi connectivity index (χ1) is 23.5. The highest BCUT2D eigenvalue weighted by atomic mass is 19.1. The zero-order chi connectivity index (χ0) is 34.3. The number of esters is 1. The second-order valence-corrected chi connectivity index (χ2v) is 15.5. The molecule has 258 valence electrons. The molecule has 4 aliphatic carbocycles. The minimum atomic E-state index is -0.658.